The summed E-state index contributed by atoms with van der Waals surface area (Å²) in [5, 5.41) is 18.5. The van der Waals surface area contributed by atoms with Gasteiger partial charge in [-0.05, 0) is 74.3 Å². The molecule has 2 amide bonds. The number of anilines is 1. The normalized spacial score (nSPS) is 25.8. The Balaban J connectivity index is 1.40. The highest BCUT2D eigenvalue weighted by Gasteiger charge is 2.43. The van der Waals surface area contributed by atoms with Gasteiger partial charge in [0.05, 0.1) is 5.75 Å². The fraction of sp³-hybridized carbons (Fsp3) is 0.548. The van der Waals surface area contributed by atoms with E-state index in [1.54, 1.807) is 24.3 Å². The SMILES string of the molecule is O=C(O)N[C@H](C(=O)Nc1cccc(F)c1CCC1CNC2CCCS(=O)(=O)N1C2)[C@@H](c1ccc(Cl)cc1)C1CCC(F)(F)CC1. The van der Waals surface area contributed by atoms with Gasteiger partial charge in [-0.2, -0.15) is 4.31 Å². The van der Waals surface area contributed by atoms with Crippen molar-refractivity contribution in [2.45, 2.75) is 81.3 Å². The number of hydrogen-bond donors (Lipinski definition) is 4. The largest absolute Gasteiger partial charge is 0.465 e. The molecule has 2 aromatic carbocycles. The number of nitrogens with zero attached hydrogens (tertiary/aromatic N) is 1. The van der Waals surface area contributed by atoms with Gasteiger partial charge in [0.2, 0.25) is 21.9 Å². The average molecular weight is 671 g/mol. The van der Waals surface area contributed by atoms with Crippen LogP contribution in [0.15, 0.2) is 42.5 Å². The van der Waals surface area contributed by atoms with Crippen molar-refractivity contribution in [3.63, 3.8) is 0 Å². The van der Waals surface area contributed by atoms with Gasteiger partial charge in [-0.15, -0.1) is 0 Å². The molecule has 4 N–H and O–H groups in total. The van der Waals surface area contributed by atoms with Gasteiger partial charge in [-0.3, -0.25) is 4.79 Å². The number of rotatable bonds is 9. The summed E-state index contributed by atoms with van der Waals surface area (Å²) in [6, 6.07) is 8.94. The fourth-order valence-electron chi connectivity index (χ4n) is 6.99. The summed E-state index contributed by atoms with van der Waals surface area (Å²) in [7, 11) is -3.45. The Kier molecular flexibility index (Phi) is 10.3. The van der Waals surface area contributed by atoms with Gasteiger partial charge in [0.15, 0.2) is 0 Å². The highest BCUT2D eigenvalue weighted by molar-refractivity contribution is 7.89. The van der Waals surface area contributed by atoms with E-state index in [0.29, 0.717) is 36.5 Å². The molecule has 45 heavy (non-hydrogen) atoms. The van der Waals surface area contributed by atoms with Crippen LogP contribution in [0.2, 0.25) is 5.02 Å². The fourth-order valence-corrected chi connectivity index (χ4v) is 8.92. The Morgan fingerprint density at radius 3 is 2.51 bits per heavy atom. The van der Waals surface area contributed by atoms with Gasteiger partial charge >= 0.3 is 6.09 Å². The zero-order chi connectivity index (χ0) is 32.4. The third kappa shape index (κ3) is 8.11. The minimum atomic E-state index is -3.45. The highest BCUT2D eigenvalue weighted by Crippen LogP contribution is 2.44. The molecule has 9 nitrogen and oxygen atoms in total. The maximum absolute atomic E-state index is 15.3. The summed E-state index contributed by atoms with van der Waals surface area (Å²) in [5.74, 6) is -5.39. The molecule has 5 rings (SSSR count). The number of amides is 2. The minimum Gasteiger partial charge on any atom is -0.465 e. The molecule has 14 heteroatoms. The highest BCUT2D eigenvalue weighted by atomic mass is 35.5. The van der Waals surface area contributed by atoms with Crippen LogP contribution in [0.1, 0.15) is 62.0 Å². The molecule has 2 bridgehead atoms. The molecule has 246 valence electrons. The first-order valence-electron chi connectivity index (χ1n) is 15.3. The van der Waals surface area contributed by atoms with Crippen molar-refractivity contribution in [3.05, 3.63) is 64.4 Å². The molecule has 1 aliphatic carbocycles. The van der Waals surface area contributed by atoms with Gasteiger partial charge in [-0.1, -0.05) is 29.8 Å². The molecule has 2 aromatic rings. The van der Waals surface area contributed by atoms with E-state index in [2.05, 4.69) is 16.0 Å². The lowest BCUT2D eigenvalue weighted by Crippen LogP contribution is -2.57. The van der Waals surface area contributed by atoms with E-state index in [1.807, 2.05) is 0 Å². The van der Waals surface area contributed by atoms with Crippen molar-refractivity contribution >= 4 is 39.3 Å². The van der Waals surface area contributed by atoms with E-state index in [0.717, 1.165) is 6.42 Å². The van der Waals surface area contributed by atoms with Gasteiger partial charge in [0.25, 0.3) is 0 Å². The molecule has 3 unspecified atom stereocenters. The summed E-state index contributed by atoms with van der Waals surface area (Å²) in [4.78, 5) is 25.9. The first-order chi connectivity index (χ1) is 21.3. The zero-order valence-corrected chi connectivity index (χ0v) is 26.2. The smallest absolute Gasteiger partial charge is 0.405 e. The van der Waals surface area contributed by atoms with Gasteiger partial charge < -0.3 is 21.1 Å². The molecule has 3 aliphatic rings. The number of fused-ring (bicyclic) bond motifs is 2. The quantitative estimate of drug-likeness (QED) is 0.285. The van der Waals surface area contributed by atoms with Crippen LogP contribution in [0.5, 0.6) is 0 Å². The third-order valence-corrected chi connectivity index (χ3v) is 11.5. The van der Waals surface area contributed by atoms with Crippen molar-refractivity contribution in [1.82, 2.24) is 14.9 Å². The lowest BCUT2D eigenvalue weighted by Gasteiger charge is -2.38. The molecule has 2 aliphatic heterocycles. The molecule has 2 saturated heterocycles. The van der Waals surface area contributed by atoms with E-state index < -0.39 is 57.7 Å². The van der Waals surface area contributed by atoms with E-state index in [4.69, 9.17) is 11.6 Å². The van der Waals surface area contributed by atoms with E-state index in [9.17, 15) is 31.9 Å². The number of benzene rings is 2. The number of piperazine rings is 1. The Hall–Kier alpha value is -2.87. The molecule has 0 radical (unpaired) electrons. The summed E-state index contributed by atoms with van der Waals surface area (Å²) in [6.07, 6.45) is -0.364. The van der Waals surface area contributed by atoms with Crippen molar-refractivity contribution in [3.8, 4) is 0 Å². The van der Waals surface area contributed by atoms with Crippen molar-refractivity contribution < 1.29 is 36.3 Å². The number of halogens is 4. The number of sulfonamides is 1. The van der Waals surface area contributed by atoms with Crippen LogP contribution in [0, 0.1) is 11.7 Å². The second kappa shape index (κ2) is 13.9. The molecule has 1 saturated carbocycles. The second-order valence-corrected chi connectivity index (χ2v) is 14.8. The molecular weight excluding hydrogens is 633 g/mol. The number of nitrogens with one attached hydrogen (secondary N) is 3. The second-order valence-electron chi connectivity index (χ2n) is 12.3. The van der Waals surface area contributed by atoms with Gasteiger partial charge in [-0.25, -0.2) is 26.4 Å². The van der Waals surface area contributed by atoms with E-state index >= 15 is 4.39 Å². The maximum atomic E-state index is 15.3. The summed E-state index contributed by atoms with van der Waals surface area (Å²) in [6.45, 7) is 0.781. The van der Waals surface area contributed by atoms with Crippen LogP contribution in [0.4, 0.5) is 23.7 Å². The molecular formula is C31H38ClF3N4O5S. The lowest BCUT2D eigenvalue weighted by molar-refractivity contribution is -0.119. The van der Waals surface area contributed by atoms with Crippen LogP contribution in [-0.4, -0.2) is 72.7 Å². The van der Waals surface area contributed by atoms with Crippen molar-refractivity contribution in [2.24, 2.45) is 5.92 Å². The molecule has 2 heterocycles. The summed E-state index contributed by atoms with van der Waals surface area (Å²) >= 11 is 6.08. The molecule has 0 spiro atoms. The van der Waals surface area contributed by atoms with Crippen LogP contribution < -0.4 is 16.0 Å². The Morgan fingerprint density at radius 1 is 1.11 bits per heavy atom. The Bertz CT molecular complexity index is 1490. The van der Waals surface area contributed by atoms with Crippen molar-refractivity contribution in [2.75, 3.05) is 24.2 Å². The van der Waals surface area contributed by atoms with Crippen LogP contribution >= 0.6 is 11.6 Å². The van der Waals surface area contributed by atoms with Gasteiger partial charge in [0.1, 0.15) is 11.9 Å². The standard InChI is InChI=1S/C31H38ClF3N4O5S/c32-21-8-6-19(7-9-21)27(20-12-14-31(34,35)15-13-20)28(38-30(41)42)29(40)37-26-5-1-4-25(33)24(26)11-10-23-17-36-22-3-2-16-45(43,44)39(23)18-22/h1,4-9,20,22-23,27-28,36,38H,2-3,10-18H2,(H,37,40)(H,41,42)/t22?,23?,27-,28-/m0/s1. The number of hydrogen-bond acceptors (Lipinski definition) is 5. The van der Waals surface area contributed by atoms with Crippen LogP contribution in [0.25, 0.3) is 0 Å². The molecule has 0 aromatic heterocycles. The monoisotopic (exact) mass is 670 g/mol. The Morgan fingerprint density at radius 2 is 1.82 bits per heavy atom. The number of carbonyl (C=O) groups excluding carboxylic acids is 1. The minimum absolute atomic E-state index is 0.0636. The Labute approximate surface area is 265 Å². The maximum Gasteiger partial charge on any atom is 0.405 e. The van der Waals surface area contributed by atoms with Crippen molar-refractivity contribution in [1.29, 1.82) is 0 Å². The summed E-state index contributed by atoms with van der Waals surface area (Å²) < 4.78 is 70.8. The average Bonchev–Trinajstić information content (AvgIpc) is 3.09. The predicted octanol–water partition coefficient (Wildman–Crippen LogP) is 5.36. The number of carboxylic acid groups (broad SMARTS) is 1. The van der Waals surface area contributed by atoms with Gasteiger partial charge in [0, 0.05) is 60.2 Å². The third-order valence-electron chi connectivity index (χ3n) is 9.31. The number of carbonyl (C=O) groups is 2. The van der Waals surface area contributed by atoms with E-state index in [-0.39, 0.29) is 55.1 Å². The van der Waals surface area contributed by atoms with Crippen LogP contribution in [0.3, 0.4) is 0 Å². The zero-order valence-electron chi connectivity index (χ0n) is 24.7. The topological polar surface area (TPSA) is 128 Å². The number of alkyl halides is 2. The first kappa shape index (κ1) is 33.5. The summed E-state index contributed by atoms with van der Waals surface area (Å²) in [5.41, 5.74) is 0.849. The predicted molar refractivity (Wildman–Crippen MR) is 165 cm³/mol. The first-order valence-corrected chi connectivity index (χ1v) is 17.3. The lowest BCUT2D eigenvalue weighted by atomic mass is 9.72. The van der Waals surface area contributed by atoms with E-state index in [1.165, 1.54) is 22.5 Å². The van der Waals surface area contributed by atoms with Crippen LogP contribution in [-0.2, 0) is 21.2 Å². The molecule has 3 fully saturated rings. The molecule has 5 atom stereocenters.